The molecule has 2 amide bonds. The number of halogens is 7. The van der Waals surface area contributed by atoms with Crippen LogP contribution in [0.1, 0.15) is 55.5 Å². The highest BCUT2D eigenvalue weighted by Gasteiger charge is 2.42. The highest BCUT2D eigenvalue weighted by Crippen LogP contribution is 2.42. The molecule has 2 aromatic rings. The Labute approximate surface area is 258 Å². The molecule has 1 aliphatic heterocycles. The number of carbonyl (C=O) groups is 2. The lowest BCUT2D eigenvalue weighted by atomic mass is 10.1. The van der Waals surface area contributed by atoms with E-state index >= 15 is 0 Å². The van der Waals surface area contributed by atoms with Gasteiger partial charge in [-0.1, -0.05) is 36.2 Å². The second-order valence-corrected chi connectivity index (χ2v) is 13.7. The van der Waals surface area contributed by atoms with E-state index in [4.69, 9.17) is 23.2 Å². The minimum absolute atomic E-state index is 0.0318. The van der Waals surface area contributed by atoms with Crippen molar-refractivity contribution in [2.75, 3.05) is 13.1 Å². The largest absolute Gasteiger partial charge is 0.404 e. The van der Waals surface area contributed by atoms with Gasteiger partial charge < -0.3 is 5.11 Å². The molecule has 3 rings (SSSR count). The highest BCUT2D eigenvalue weighted by atomic mass is 35.5. The molecule has 1 saturated heterocycles. The van der Waals surface area contributed by atoms with E-state index in [1.165, 1.54) is 18.7 Å². The number of hydrogen-bond acceptors (Lipinski definition) is 8. The number of sulfonamides is 1. The van der Waals surface area contributed by atoms with Crippen molar-refractivity contribution >= 4 is 56.4 Å². The van der Waals surface area contributed by atoms with E-state index in [-0.39, 0.29) is 47.1 Å². The Bertz CT molecular complexity index is 1480. The molecule has 1 unspecified atom stereocenters. The number of hydrogen-bond donors (Lipinski definition) is 4. The lowest BCUT2D eigenvalue weighted by molar-refractivity contribution is -0.151. The summed E-state index contributed by atoms with van der Waals surface area (Å²) in [6.45, 7) is 3.02. The van der Waals surface area contributed by atoms with Crippen molar-refractivity contribution < 1.29 is 45.1 Å². The zero-order valence-corrected chi connectivity index (χ0v) is 26.1. The Balaban J connectivity index is 2.02. The number of piperidine rings is 1. The summed E-state index contributed by atoms with van der Waals surface area (Å²) in [5, 5.41) is 8.48. The van der Waals surface area contributed by atoms with Crippen LogP contribution in [0.4, 0.5) is 22.0 Å². The monoisotopic (exact) mass is 695 g/mol. The number of nitrogens with zero attached hydrogens (tertiary/aromatic N) is 2. The fourth-order valence-corrected chi connectivity index (χ4v) is 7.26. The fraction of sp³-hybridized carbons (Fsp3) is 0.542. The van der Waals surface area contributed by atoms with Gasteiger partial charge in [-0.15, -0.1) is 11.3 Å². The molecule has 0 bridgehead atoms. The summed E-state index contributed by atoms with van der Waals surface area (Å²) < 4.78 is 95.1. The van der Waals surface area contributed by atoms with Gasteiger partial charge in [0.15, 0.2) is 5.01 Å². The molecule has 0 aliphatic carbocycles. The van der Waals surface area contributed by atoms with E-state index in [1.54, 1.807) is 4.72 Å². The second-order valence-electron chi connectivity index (χ2n) is 10.3. The number of rotatable bonds is 9. The van der Waals surface area contributed by atoms with Gasteiger partial charge in [0.1, 0.15) is 16.5 Å². The molecule has 43 heavy (non-hydrogen) atoms. The van der Waals surface area contributed by atoms with Gasteiger partial charge in [-0.25, -0.2) is 22.2 Å². The van der Waals surface area contributed by atoms with Crippen LogP contribution in [0, 0.1) is 0 Å². The van der Waals surface area contributed by atoms with E-state index in [1.807, 2.05) is 5.43 Å². The number of hydrazine groups is 1. The third-order valence-electron chi connectivity index (χ3n) is 6.26. The quantitative estimate of drug-likeness (QED) is 0.224. The Morgan fingerprint density at radius 2 is 1.84 bits per heavy atom. The first-order valence-corrected chi connectivity index (χ1v) is 15.7. The highest BCUT2D eigenvalue weighted by molar-refractivity contribution is 7.89. The third-order valence-corrected chi connectivity index (χ3v) is 9.90. The van der Waals surface area contributed by atoms with Gasteiger partial charge >= 0.3 is 6.18 Å². The van der Waals surface area contributed by atoms with E-state index in [0.717, 1.165) is 19.1 Å². The Hall–Kier alpha value is -2.15. The Morgan fingerprint density at radius 3 is 2.40 bits per heavy atom. The standard InChI is InChI=1S/C24H28Cl2F5N5O5S2/c1-4-15(24(29,30)31)35-43(40,41)14-7-6-12(16(25)17(14)26)18-13(10-36-9-5-8-23(27,28)11-36)32-20(42-18)19(37)33-34-21(38)22(2,3)39/h6-7,15,35,39H,4-5,8-11H2,1-3H3,(H,33,37)(H,34,38). The van der Waals surface area contributed by atoms with Crippen LogP contribution in [0.25, 0.3) is 10.4 Å². The maximum Gasteiger partial charge on any atom is 0.404 e. The summed E-state index contributed by atoms with van der Waals surface area (Å²) in [6.07, 6.45) is -5.58. The number of alkyl halides is 5. The molecule has 19 heteroatoms. The van der Waals surface area contributed by atoms with Crippen molar-refractivity contribution in [3.8, 4) is 10.4 Å². The summed E-state index contributed by atoms with van der Waals surface area (Å²) in [5.41, 5.74) is 2.40. The van der Waals surface area contributed by atoms with Crippen LogP contribution in [-0.2, 0) is 21.4 Å². The number of aliphatic hydroxyl groups is 1. The first-order valence-electron chi connectivity index (χ1n) is 12.7. The molecule has 0 radical (unpaired) electrons. The molecular formula is C24H28Cl2F5N5O5S2. The number of thiazole rings is 1. The van der Waals surface area contributed by atoms with Crippen molar-refractivity contribution in [3.63, 3.8) is 0 Å². The summed E-state index contributed by atoms with van der Waals surface area (Å²) >= 11 is 13.4. The predicted molar refractivity (Wildman–Crippen MR) is 149 cm³/mol. The lowest BCUT2D eigenvalue weighted by Gasteiger charge is -2.32. The topological polar surface area (TPSA) is 141 Å². The zero-order chi connectivity index (χ0) is 32.5. The number of aromatic nitrogens is 1. The van der Waals surface area contributed by atoms with Crippen molar-refractivity contribution in [2.45, 2.75) is 75.2 Å². The smallest absolute Gasteiger partial charge is 0.381 e. The van der Waals surface area contributed by atoms with Crippen LogP contribution in [0.3, 0.4) is 0 Å². The molecule has 0 saturated carbocycles. The van der Waals surface area contributed by atoms with Gasteiger partial charge in [0.05, 0.1) is 27.2 Å². The van der Waals surface area contributed by atoms with Crippen LogP contribution >= 0.6 is 34.5 Å². The summed E-state index contributed by atoms with van der Waals surface area (Å²) in [7, 11) is -4.80. The molecule has 1 aliphatic rings. The molecule has 1 fully saturated rings. The van der Waals surface area contributed by atoms with Crippen molar-refractivity contribution in [3.05, 3.63) is 32.9 Å². The SMILES string of the molecule is CCC(NS(=O)(=O)c1ccc(-c2sc(C(=O)NNC(=O)C(C)(C)O)nc2CN2CCCC(F)(F)C2)c(Cl)c1Cl)C(F)(F)F. The first-order chi connectivity index (χ1) is 19.7. The van der Waals surface area contributed by atoms with Crippen LogP contribution < -0.4 is 15.6 Å². The van der Waals surface area contributed by atoms with E-state index in [0.29, 0.717) is 11.3 Å². The molecule has 2 heterocycles. The van der Waals surface area contributed by atoms with Gasteiger partial charge in [-0.2, -0.15) is 17.9 Å². The average Bonchev–Trinajstić information content (AvgIpc) is 3.28. The minimum atomic E-state index is -4.87. The van der Waals surface area contributed by atoms with E-state index in [2.05, 4.69) is 10.4 Å². The summed E-state index contributed by atoms with van der Waals surface area (Å²) in [4.78, 5) is 29.8. The molecule has 1 aromatic heterocycles. The molecule has 4 N–H and O–H groups in total. The van der Waals surface area contributed by atoms with Gasteiger partial charge in [0.2, 0.25) is 10.0 Å². The molecule has 1 atom stereocenters. The number of nitrogens with one attached hydrogen (secondary N) is 3. The Kier molecular flexibility index (Phi) is 10.7. The van der Waals surface area contributed by atoms with Crippen molar-refractivity contribution in [1.29, 1.82) is 0 Å². The van der Waals surface area contributed by atoms with Gasteiger partial charge in [0.25, 0.3) is 17.7 Å². The summed E-state index contributed by atoms with van der Waals surface area (Å²) in [5.74, 6) is -4.83. The fourth-order valence-electron chi connectivity index (χ4n) is 4.03. The van der Waals surface area contributed by atoms with Crippen molar-refractivity contribution in [1.82, 2.24) is 25.5 Å². The molecular weight excluding hydrogens is 668 g/mol. The third kappa shape index (κ3) is 8.73. The number of carbonyl (C=O) groups excluding carboxylic acids is 2. The molecule has 10 nitrogen and oxygen atoms in total. The van der Waals surface area contributed by atoms with Crippen LogP contribution in [0.15, 0.2) is 17.0 Å². The first kappa shape index (κ1) is 35.3. The average molecular weight is 697 g/mol. The maximum atomic E-state index is 14.1. The van der Waals surface area contributed by atoms with Crippen molar-refractivity contribution in [2.24, 2.45) is 0 Å². The Morgan fingerprint density at radius 1 is 1.19 bits per heavy atom. The van der Waals surface area contributed by atoms with Crippen LogP contribution in [0.5, 0.6) is 0 Å². The number of benzene rings is 1. The minimum Gasteiger partial charge on any atom is -0.381 e. The zero-order valence-electron chi connectivity index (χ0n) is 22.9. The lowest BCUT2D eigenvalue weighted by Crippen LogP contribution is -2.50. The normalized spacial score (nSPS) is 17.0. The second kappa shape index (κ2) is 13.1. The van der Waals surface area contributed by atoms with Gasteiger partial charge in [-0.05, 0) is 39.3 Å². The summed E-state index contributed by atoms with van der Waals surface area (Å²) in [6, 6.07) is -0.311. The van der Waals surface area contributed by atoms with Gasteiger partial charge in [-0.3, -0.25) is 25.3 Å². The van der Waals surface area contributed by atoms with Crippen LogP contribution in [-0.4, -0.2) is 72.1 Å². The van der Waals surface area contributed by atoms with Gasteiger partial charge in [0, 0.05) is 18.5 Å². The number of likely N-dealkylation sites (tertiary alicyclic amines) is 1. The predicted octanol–water partition coefficient (Wildman–Crippen LogP) is 4.50. The number of amides is 2. The van der Waals surface area contributed by atoms with E-state index in [9.17, 15) is 45.1 Å². The maximum absolute atomic E-state index is 14.1. The molecule has 1 aromatic carbocycles. The van der Waals surface area contributed by atoms with Crippen LogP contribution in [0.2, 0.25) is 10.0 Å². The van der Waals surface area contributed by atoms with E-state index < -0.39 is 73.5 Å². The molecule has 240 valence electrons. The molecule has 0 spiro atoms.